The Labute approximate surface area is 123 Å². The van der Waals surface area contributed by atoms with Crippen LogP contribution in [-0.4, -0.2) is 54.7 Å². The Bertz CT molecular complexity index is 588. The predicted molar refractivity (Wildman–Crippen MR) is 75.7 cm³/mol. The van der Waals surface area contributed by atoms with Crippen molar-refractivity contribution < 1.29 is 28.2 Å². The number of hydrogen-bond acceptors (Lipinski definition) is 5. The van der Waals surface area contributed by atoms with E-state index in [-0.39, 0.29) is 17.2 Å². The Kier molecular flexibility index (Phi) is 5.32. The van der Waals surface area contributed by atoms with Crippen molar-refractivity contribution in [3.63, 3.8) is 0 Å². The Morgan fingerprint density at radius 2 is 1.81 bits per heavy atom. The molecule has 0 fully saturated rings. The monoisotopic (exact) mass is 317 g/mol. The normalized spacial score (nSPS) is 12.4. The minimum Gasteiger partial charge on any atom is -0.482 e. The van der Waals surface area contributed by atoms with Crippen LogP contribution in [0.25, 0.3) is 0 Å². The van der Waals surface area contributed by atoms with Crippen molar-refractivity contribution in [3.8, 4) is 5.75 Å². The zero-order valence-corrected chi connectivity index (χ0v) is 12.9. The number of sulfonamides is 1. The molecule has 0 saturated heterocycles. The molecule has 0 atom stereocenters. The van der Waals surface area contributed by atoms with Gasteiger partial charge in [-0.05, 0) is 38.1 Å². The lowest BCUT2D eigenvalue weighted by Crippen LogP contribution is -2.39. The van der Waals surface area contributed by atoms with E-state index in [1.807, 2.05) is 0 Å². The summed E-state index contributed by atoms with van der Waals surface area (Å²) in [4.78, 5) is 10.4. The summed E-state index contributed by atoms with van der Waals surface area (Å²) in [5.74, 6) is -0.849. The van der Waals surface area contributed by atoms with Gasteiger partial charge in [-0.1, -0.05) is 0 Å². The summed E-state index contributed by atoms with van der Waals surface area (Å²) in [6.45, 7) is 2.49. The average molecular weight is 317 g/mol. The van der Waals surface area contributed by atoms with Crippen LogP contribution in [0.3, 0.4) is 0 Å². The third-order valence-corrected chi connectivity index (χ3v) is 4.32. The van der Waals surface area contributed by atoms with Crippen LogP contribution >= 0.6 is 0 Å². The van der Waals surface area contributed by atoms with Crippen LogP contribution in [0, 0.1) is 0 Å². The molecule has 0 amide bonds. The van der Waals surface area contributed by atoms with Crippen molar-refractivity contribution >= 4 is 16.0 Å². The van der Waals surface area contributed by atoms with Gasteiger partial charge in [-0.15, -0.1) is 0 Å². The molecule has 0 aliphatic rings. The molecule has 0 saturated carbocycles. The van der Waals surface area contributed by atoms with Gasteiger partial charge in [0.1, 0.15) is 5.75 Å². The van der Waals surface area contributed by atoms with Crippen LogP contribution in [0.4, 0.5) is 0 Å². The molecule has 21 heavy (non-hydrogen) atoms. The second-order valence-electron chi connectivity index (χ2n) is 5.23. The summed E-state index contributed by atoms with van der Waals surface area (Å²) in [6, 6.07) is 5.42. The first-order valence-electron chi connectivity index (χ1n) is 6.16. The summed E-state index contributed by atoms with van der Waals surface area (Å²) in [5.41, 5.74) is -1.15. The van der Waals surface area contributed by atoms with Crippen molar-refractivity contribution in [3.05, 3.63) is 24.3 Å². The van der Waals surface area contributed by atoms with E-state index in [4.69, 9.17) is 9.84 Å². The van der Waals surface area contributed by atoms with E-state index in [0.29, 0.717) is 0 Å². The average Bonchev–Trinajstić information content (AvgIpc) is 2.34. The third kappa shape index (κ3) is 5.33. The molecule has 1 aromatic rings. The summed E-state index contributed by atoms with van der Waals surface area (Å²) < 4.78 is 30.5. The molecule has 1 rings (SSSR count). The fourth-order valence-corrected chi connectivity index (χ4v) is 2.99. The van der Waals surface area contributed by atoms with Gasteiger partial charge in [0, 0.05) is 13.6 Å². The molecular weight excluding hydrogens is 298 g/mol. The summed E-state index contributed by atoms with van der Waals surface area (Å²) >= 11 is 0. The Morgan fingerprint density at radius 1 is 1.29 bits per heavy atom. The second kappa shape index (κ2) is 6.42. The minimum atomic E-state index is -3.72. The van der Waals surface area contributed by atoms with E-state index in [1.54, 1.807) is 0 Å². The van der Waals surface area contributed by atoms with Crippen molar-refractivity contribution in [1.82, 2.24) is 4.31 Å². The maximum atomic E-state index is 12.3. The third-order valence-electron chi connectivity index (χ3n) is 2.50. The fourth-order valence-electron chi connectivity index (χ4n) is 1.66. The molecule has 0 aliphatic carbocycles. The lowest BCUT2D eigenvalue weighted by atomic mass is 10.1. The highest BCUT2D eigenvalue weighted by molar-refractivity contribution is 7.89. The van der Waals surface area contributed by atoms with E-state index in [9.17, 15) is 18.3 Å². The number of ether oxygens (including phenoxy) is 1. The van der Waals surface area contributed by atoms with Crippen molar-refractivity contribution in [2.45, 2.75) is 24.3 Å². The zero-order valence-electron chi connectivity index (χ0n) is 12.1. The lowest BCUT2D eigenvalue weighted by Gasteiger charge is -2.25. The van der Waals surface area contributed by atoms with Crippen LogP contribution in [0.1, 0.15) is 13.8 Å². The Balaban J connectivity index is 2.87. The molecule has 0 bridgehead atoms. The van der Waals surface area contributed by atoms with Crippen molar-refractivity contribution in [2.75, 3.05) is 20.2 Å². The van der Waals surface area contributed by atoms with Gasteiger partial charge in [-0.25, -0.2) is 13.2 Å². The standard InChI is InChI=1S/C13H19NO6S/c1-13(2,17)9-14(3)21(18,19)11-6-4-10(5-7-11)20-8-12(15)16/h4-7,17H,8-9H2,1-3H3,(H,15,16). The predicted octanol–water partition coefficient (Wildman–Crippen LogP) is 0.541. The zero-order chi connectivity index (χ0) is 16.3. The van der Waals surface area contributed by atoms with Gasteiger partial charge >= 0.3 is 5.97 Å². The SMILES string of the molecule is CN(CC(C)(C)O)S(=O)(=O)c1ccc(OCC(=O)O)cc1. The maximum Gasteiger partial charge on any atom is 0.341 e. The first-order chi connectivity index (χ1) is 9.52. The highest BCUT2D eigenvalue weighted by Crippen LogP contribution is 2.20. The van der Waals surface area contributed by atoms with Crippen molar-refractivity contribution in [2.24, 2.45) is 0 Å². The van der Waals surface area contributed by atoms with Crippen LogP contribution in [-0.2, 0) is 14.8 Å². The number of carboxylic acid groups (broad SMARTS) is 1. The van der Waals surface area contributed by atoms with Crippen LogP contribution in [0.5, 0.6) is 5.75 Å². The lowest BCUT2D eigenvalue weighted by molar-refractivity contribution is -0.139. The van der Waals surface area contributed by atoms with Gasteiger partial charge < -0.3 is 14.9 Å². The fraction of sp³-hybridized carbons (Fsp3) is 0.462. The molecule has 0 spiro atoms. The number of carbonyl (C=O) groups is 1. The van der Waals surface area contributed by atoms with E-state index in [2.05, 4.69) is 0 Å². The van der Waals surface area contributed by atoms with Crippen LogP contribution in [0.15, 0.2) is 29.2 Å². The molecule has 8 heteroatoms. The highest BCUT2D eigenvalue weighted by Gasteiger charge is 2.26. The summed E-state index contributed by atoms with van der Waals surface area (Å²) in [6.07, 6.45) is 0. The molecule has 0 heterocycles. The largest absolute Gasteiger partial charge is 0.482 e. The topological polar surface area (TPSA) is 104 Å². The van der Waals surface area contributed by atoms with Crippen LogP contribution < -0.4 is 4.74 Å². The number of aliphatic carboxylic acids is 1. The molecule has 0 aromatic heterocycles. The van der Waals surface area contributed by atoms with E-state index >= 15 is 0 Å². The van der Waals surface area contributed by atoms with Crippen LogP contribution in [0.2, 0.25) is 0 Å². The summed E-state index contributed by atoms with van der Waals surface area (Å²) in [7, 11) is -2.34. The van der Waals surface area contributed by atoms with Gasteiger partial charge in [0.2, 0.25) is 10.0 Å². The van der Waals surface area contributed by atoms with E-state index in [1.165, 1.54) is 45.2 Å². The molecule has 1 aromatic carbocycles. The number of nitrogens with zero attached hydrogens (tertiary/aromatic N) is 1. The number of hydrogen-bond donors (Lipinski definition) is 2. The Hall–Kier alpha value is -1.64. The second-order valence-corrected chi connectivity index (χ2v) is 7.27. The highest BCUT2D eigenvalue weighted by atomic mass is 32.2. The smallest absolute Gasteiger partial charge is 0.341 e. The summed E-state index contributed by atoms with van der Waals surface area (Å²) in [5, 5.41) is 18.2. The molecule has 2 N–H and O–H groups in total. The molecule has 0 unspecified atom stereocenters. The maximum absolute atomic E-state index is 12.3. The number of likely N-dealkylation sites (N-methyl/N-ethyl adjacent to an activating group) is 1. The number of benzene rings is 1. The molecule has 118 valence electrons. The quantitative estimate of drug-likeness (QED) is 0.760. The van der Waals surface area contributed by atoms with Gasteiger partial charge in [0.15, 0.2) is 6.61 Å². The van der Waals surface area contributed by atoms with E-state index < -0.39 is 28.2 Å². The number of aliphatic hydroxyl groups is 1. The van der Waals surface area contributed by atoms with Crippen molar-refractivity contribution in [1.29, 1.82) is 0 Å². The molecule has 0 radical (unpaired) electrons. The number of rotatable bonds is 7. The molecule has 0 aliphatic heterocycles. The minimum absolute atomic E-state index is 0.0388. The Morgan fingerprint density at radius 3 is 2.24 bits per heavy atom. The van der Waals surface area contributed by atoms with Gasteiger partial charge in [0.25, 0.3) is 0 Å². The van der Waals surface area contributed by atoms with E-state index in [0.717, 1.165) is 4.31 Å². The first kappa shape index (κ1) is 17.4. The number of carboxylic acids is 1. The first-order valence-corrected chi connectivity index (χ1v) is 7.60. The van der Waals surface area contributed by atoms with Gasteiger partial charge in [-0.2, -0.15) is 4.31 Å². The molecular formula is C13H19NO6S. The van der Waals surface area contributed by atoms with Gasteiger partial charge in [-0.3, -0.25) is 0 Å². The van der Waals surface area contributed by atoms with Gasteiger partial charge in [0.05, 0.1) is 10.5 Å². The molecule has 7 nitrogen and oxygen atoms in total.